The first kappa shape index (κ1) is 11.2. The van der Waals surface area contributed by atoms with Gasteiger partial charge in [-0.15, -0.1) is 0 Å². The standard InChI is InChI=1S/C20H15N/c1-2-13-11-16-14-7-3-5-9-18(14)21-19-10-6-4-8-15(19)17(12-13)20(16)21/h3-12H,2H2,1H3. The fraction of sp³-hybridized carbons (Fsp3) is 0.100. The van der Waals surface area contributed by atoms with Crippen LogP contribution in [0.1, 0.15) is 12.5 Å². The second-order valence-corrected chi connectivity index (χ2v) is 5.76. The lowest BCUT2D eigenvalue weighted by Gasteiger charge is -2.00. The van der Waals surface area contributed by atoms with Gasteiger partial charge in [0.1, 0.15) is 0 Å². The first-order valence-corrected chi connectivity index (χ1v) is 7.54. The molecule has 2 aromatic heterocycles. The molecule has 0 unspecified atom stereocenters. The monoisotopic (exact) mass is 269 g/mol. The summed E-state index contributed by atoms with van der Waals surface area (Å²) in [5.74, 6) is 0. The van der Waals surface area contributed by atoms with Crippen molar-refractivity contribution in [2.45, 2.75) is 13.3 Å². The van der Waals surface area contributed by atoms with Crippen LogP contribution in [-0.4, -0.2) is 4.40 Å². The molecule has 0 spiro atoms. The van der Waals surface area contributed by atoms with Crippen LogP contribution in [0, 0.1) is 0 Å². The lowest BCUT2D eigenvalue weighted by Crippen LogP contribution is -1.80. The van der Waals surface area contributed by atoms with Crippen molar-refractivity contribution >= 4 is 38.1 Å². The number of rotatable bonds is 1. The molecule has 0 aliphatic rings. The summed E-state index contributed by atoms with van der Waals surface area (Å²) in [4.78, 5) is 0. The normalized spacial score (nSPS) is 12.2. The molecular formula is C20H15N. The van der Waals surface area contributed by atoms with Gasteiger partial charge in [-0.05, 0) is 36.2 Å². The van der Waals surface area contributed by atoms with Crippen LogP contribution in [0.15, 0.2) is 60.7 Å². The van der Waals surface area contributed by atoms with Crippen LogP contribution >= 0.6 is 0 Å². The fourth-order valence-corrected chi connectivity index (χ4v) is 3.71. The van der Waals surface area contributed by atoms with Crippen LogP contribution in [0.5, 0.6) is 0 Å². The molecule has 0 saturated carbocycles. The van der Waals surface area contributed by atoms with Crippen molar-refractivity contribution in [1.82, 2.24) is 4.40 Å². The van der Waals surface area contributed by atoms with Crippen LogP contribution in [0.4, 0.5) is 0 Å². The van der Waals surface area contributed by atoms with E-state index in [1.54, 1.807) is 0 Å². The van der Waals surface area contributed by atoms with Crippen molar-refractivity contribution in [3.8, 4) is 0 Å². The van der Waals surface area contributed by atoms with Crippen molar-refractivity contribution in [2.24, 2.45) is 0 Å². The molecule has 100 valence electrons. The van der Waals surface area contributed by atoms with Crippen LogP contribution < -0.4 is 0 Å². The summed E-state index contributed by atoms with van der Waals surface area (Å²) in [6, 6.07) is 22.2. The SMILES string of the molecule is CCc1cc2c3ccccc3n3c4ccccc4c(c1)c23. The summed E-state index contributed by atoms with van der Waals surface area (Å²) < 4.78 is 2.43. The molecule has 0 N–H and O–H groups in total. The van der Waals surface area contributed by atoms with Gasteiger partial charge in [-0.1, -0.05) is 43.3 Å². The Hall–Kier alpha value is -2.54. The highest BCUT2D eigenvalue weighted by Crippen LogP contribution is 2.39. The topological polar surface area (TPSA) is 4.41 Å². The number of fused-ring (bicyclic) bond motifs is 6. The quantitative estimate of drug-likeness (QED) is 0.384. The van der Waals surface area contributed by atoms with E-state index in [0.717, 1.165) is 6.42 Å². The second-order valence-electron chi connectivity index (χ2n) is 5.76. The minimum Gasteiger partial charge on any atom is -0.308 e. The third kappa shape index (κ3) is 1.26. The maximum atomic E-state index is 2.43. The van der Waals surface area contributed by atoms with E-state index in [-0.39, 0.29) is 0 Å². The number of nitrogens with zero attached hydrogens (tertiary/aromatic N) is 1. The van der Waals surface area contributed by atoms with Gasteiger partial charge in [-0.2, -0.15) is 0 Å². The Bertz CT molecular complexity index is 1030. The van der Waals surface area contributed by atoms with Gasteiger partial charge < -0.3 is 4.40 Å². The fourth-order valence-electron chi connectivity index (χ4n) is 3.71. The molecule has 0 atom stereocenters. The maximum absolute atomic E-state index is 2.43. The van der Waals surface area contributed by atoms with E-state index in [4.69, 9.17) is 0 Å². The van der Waals surface area contributed by atoms with Gasteiger partial charge in [0.15, 0.2) is 0 Å². The zero-order chi connectivity index (χ0) is 14.0. The highest BCUT2D eigenvalue weighted by Gasteiger charge is 2.17. The summed E-state index contributed by atoms with van der Waals surface area (Å²) >= 11 is 0. The molecular weight excluding hydrogens is 254 g/mol. The van der Waals surface area contributed by atoms with Gasteiger partial charge in [0.25, 0.3) is 0 Å². The predicted octanol–water partition coefficient (Wildman–Crippen LogP) is 5.40. The average molecular weight is 269 g/mol. The van der Waals surface area contributed by atoms with Crippen LogP contribution in [0.25, 0.3) is 38.1 Å². The second kappa shape index (κ2) is 3.76. The third-order valence-electron chi connectivity index (χ3n) is 4.67. The molecule has 5 rings (SSSR count). The number of hydrogen-bond donors (Lipinski definition) is 0. The zero-order valence-corrected chi connectivity index (χ0v) is 11.9. The van der Waals surface area contributed by atoms with Gasteiger partial charge in [-0.25, -0.2) is 0 Å². The molecule has 3 aromatic carbocycles. The molecule has 0 aliphatic carbocycles. The van der Waals surface area contributed by atoms with E-state index >= 15 is 0 Å². The van der Waals surface area contributed by atoms with Crippen molar-refractivity contribution in [3.63, 3.8) is 0 Å². The number of benzene rings is 3. The molecule has 5 aromatic rings. The van der Waals surface area contributed by atoms with E-state index in [0.29, 0.717) is 0 Å². The number of aromatic nitrogens is 1. The predicted molar refractivity (Wildman–Crippen MR) is 90.5 cm³/mol. The number of hydrogen-bond acceptors (Lipinski definition) is 0. The number of aryl methyl sites for hydroxylation is 1. The molecule has 2 heterocycles. The van der Waals surface area contributed by atoms with E-state index in [1.165, 1.54) is 43.7 Å². The number of para-hydroxylation sites is 2. The average Bonchev–Trinajstić information content (AvgIpc) is 3.05. The summed E-state index contributed by atoms with van der Waals surface area (Å²) in [5, 5.41) is 5.49. The van der Waals surface area contributed by atoms with E-state index in [2.05, 4.69) is 72.0 Å². The molecule has 0 saturated heterocycles. The van der Waals surface area contributed by atoms with Gasteiger partial charge in [-0.3, -0.25) is 0 Å². The minimum absolute atomic E-state index is 1.07. The molecule has 0 aliphatic heterocycles. The molecule has 0 amide bonds. The van der Waals surface area contributed by atoms with Gasteiger partial charge in [0, 0.05) is 21.5 Å². The summed E-state index contributed by atoms with van der Waals surface area (Å²) in [6.45, 7) is 2.23. The summed E-state index contributed by atoms with van der Waals surface area (Å²) in [5.41, 5.74) is 5.41. The Morgan fingerprint density at radius 3 is 1.76 bits per heavy atom. The Morgan fingerprint density at radius 1 is 0.714 bits per heavy atom. The molecule has 0 radical (unpaired) electrons. The highest BCUT2D eigenvalue weighted by atomic mass is 14.9. The van der Waals surface area contributed by atoms with Gasteiger partial charge in [0.05, 0.1) is 16.6 Å². The Morgan fingerprint density at radius 2 is 1.24 bits per heavy atom. The maximum Gasteiger partial charge on any atom is 0.0620 e. The van der Waals surface area contributed by atoms with E-state index in [9.17, 15) is 0 Å². The Kier molecular flexibility index (Phi) is 2.00. The molecule has 0 fully saturated rings. The van der Waals surface area contributed by atoms with Crippen molar-refractivity contribution in [1.29, 1.82) is 0 Å². The lowest BCUT2D eigenvalue weighted by atomic mass is 10.0. The zero-order valence-electron chi connectivity index (χ0n) is 11.9. The molecule has 1 heteroatoms. The first-order chi connectivity index (χ1) is 10.4. The van der Waals surface area contributed by atoms with Crippen LogP contribution in [0.2, 0.25) is 0 Å². The van der Waals surface area contributed by atoms with E-state index in [1.807, 2.05) is 0 Å². The van der Waals surface area contributed by atoms with Gasteiger partial charge >= 0.3 is 0 Å². The summed E-state index contributed by atoms with van der Waals surface area (Å²) in [6.07, 6.45) is 1.07. The third-order valence-corrected chi connectivity index (χ3v) is 4.67. The minimum atomic E-state index is 1.07. The van der Waals surface area contributed by atoms with Crippen LogP contribution in [0.3, 0.4) is 0 Å². The largest absolute Gasteiger partial charge is 0.308 e. The van der Waals surface area contributed by atoms with Crippen molar-refractivity contribution in [2.75, 3.05) is 0 Å². The smallest absolute Gasteiger partial charge is 0.0620 e. The highest BCUT2D eigenvalue weighted by molar-refractivity contribution is 6.23. The summed E-state index contributed by atoms with van der Waals surface area (Å²) in [7, 11) is 0. The van der Waals surface area contributed by atoms with Gasteiger partial charge in [0.2, 0.25) is 0 Å². The van der Waals surface area contributed by atoms with Crippen molar-refractivity contribution < 1.29 is 0 Å². The lowest BCUT2D eigenvalue weighted by molar-refractivity contribution is 1.15. The molecule has 21 heavy (non-hydrogen) atoms. The Labute approximate surface area is 122 Å². The Balaban J connectivity index is 2.24. The molecule has 0 bridgehead atoms. The van der Waals surface area contributed by atoms with Crippen LogP contribution in [-0.2, 0) is 6.42 Å². The molecule has 1 nitrogen and oxygen atoms in total. The van der Waals surface area contributed by atoms with Crippen molar-refractivity contribution in [3.05, 3.63) is 66.2 Å². The van der Waals surface area contributed by atoms with E-state index < -0.39 is 0 Å². The first-order valence-electron chi connectivity index (χ1n) is 7.54.